The number of fused-ring (bicyclic) bond motifs is 1. The van der Waals surface area contributed by atoms with E-state index in [1.54, 1.807) is 26.0 Å². The van der Waals surface area contributed by atoms with Crippen LogP contribution in [0.1, 0.15) is 27.2 Å². The van der Waals surface area contributed by atoms with Gasteiger partial charge >= 0.3 is 5.63 Å². The van der Waals surface area contributed by atoms with Crippen LogP contribution in [0.2, 0.25) is 0 Å². The smallest absolute Gasteiger partial charge is 0.336 e. The third-order valence-electron chi connectivity index (χ3n) is 3.90. The molecule has 0 aliphatic carbocycles. The first-order valence-electron chi connectivity index (χ1n) is 8.19. The summed E-state index contributed by atoms with van der Waals surface area (Å²) in [4.78, 5) is 11.3. The van der Waals surface area contributed by atoms with Crippen LogP contribution in [0.15, 0.2) is 45.6 Å². The zero-order chi connectivity index (χ0) is 19.5. The first kappa shape index (κ1) is 20.0. The number of aliphatic hydroxyl groups excluding tert-OH is 1. The van der Waals surface area contributed by atoms with Crippen molar-refractivity contribution in [3.05, 3.63) is 46.8 Å². The zero-order valence-corrected chi connectivity index (χ0v) is 15.0. The van der Waals surface area contributed by atoms with Crippen LogP contribution in [0.4, 0.5) is 0 Å². The highest BCUT2D eigenvalue weighted by Gasteiger charge is 2.30. The molecular formula is C19H24O7. The molecule has 2 aromatic rings. The van der Waals surface area contributed by atoms with Gasteiger partial charge in [0.1, 0.15) is 12.7 Å². The molecule has 0 saturated heterocycles. The summed E-state index contributed by atoms with van der Waals surface area (Å²) in [7, 11) is 0. The van der Waals surface area contributed by atoms with Crippen molar-refractivity contribution in [3.8, 4) is 11.5 Å². The van der Waals surface area contributed by atoms with Gasteiger partial charge in [-0.25, -0.2) is 4.79 Å². The summed E-state index contributed by atoms with van der Waals surface area (Å²) in [5, 5.41) is 40.9. The van der Waals surface area contributed by atoms with Gasteiger partial charge < -0.3 is 29.6 Å². The second-order valence-corrected chi connectivity index (χ2v) is 7.03. The van der Waals surface area contributed by atoms with Gasteiger partial charge in [0.15, 0.2) is 11.3 Å². The third kappa shape index (κ3) is 5.08. The molecule has 0 spiro atoms. The Hall–Kier alpha value is -2.35. The summed E-state index contributed by atoms with van der Waals surface area (Å²) in [6.45, 7) is 4.34. The lowest BCUT2D eigenvalue weighted by atomic mass is 9.94. The Kier molecular flexibility index (Phi) is 5.75. The molecule has 0 radical (unpaired) electrons. The van der Waals surface area contributed by atoms with Gasteiger partial charge in [0.05, 0.1) is 11.2 Å². The predicted molar refractivity (Wildman–Crippen MR) is 96.3 cm³/mol. The predicted octanol–water partition coefficient (Wildman–Crippen LogP) is 1.71. The fourth-order valence-corrected chi connectivity index (χ4v) is 2.29. The van der Waals surface area contributed by atoms with Gasteiger partial charge in [-0.3, -0.25) is 0 Å². The normalized spacial score (nSPS) is 15.9. The second-order valence-electron chi connectivity index (χ2n) is 7.03. The maximum Gasteiger partial charge on any atom is 0.336 e. The molecule has 7 heteroatoms. The quantitative estimate of drug-likeness (QED) is 0.436. The number of rotatable bonds is 7. The zero-order valence-electron chi connectivity index (χ0n) is 15.0. The van der Waals surface area contributed by atoms with Crippen LogP contribution in [-0.4, -0.2) is 44.3 Å². The Morgan fingerprint density at radius 1 is 1.19 bits per heavy atom. The van der Waals surface area contributed by atoms with E-state index in [4.69, 9.17) is 9.15 Å². The molecule has 1 heterocycles. The molecule has 7 nitrogen and oxygen atoms in total. The van der Waals surface area contributed by atoms with Gasteiger partial charge in [-0.05, 0) is 45.4 Å². The lowest BCUT2D eigenvalue weighted by Gasteiger charge is -2.28. The van der Waals surface area contributed by atoms with Crippen molar-refractivity contribution in [2.24, 2.45) is 0 Å². The minimum Gasteiger partial charge on any atom is -0.502 e. The number of ether oxygens (including phenoxy) is 1. The van der Waals surface area contributed by atoms with Crippen molar-refractivity contribution in [2.75, 3.05) is 6.61 Å². The molecule has 2 atom stereocenters. The lowest BCUT2D eigenvalue weighted by Crippen LogP contribution is -2.42. The van der Waals surface area contributed by atoms with E-state index in [1.165, 1.54) is 31.2 Å². The van der Waals surface area contributed by atoms with Crippen molar-refractivity contribution < 1.29 is 29.6 Å². The number of phenolic OH excluding ortho intramolecular Hbond substituents is 1. The van der Waals surface area contributed by atoms with E-state index in [2.05, 4.69) is 0 Å². The molecule has 0 amide bonds. The molecule has 0 saturated carbocycles. The van der Waals surface area contributed by atoms with Crippen LogP contribution in [-0.2, 0) is 0 Å². The Bertz CT molecular complexity index is 843. The molecule has 0 bridgehead atoms. The van der Waals surface area contributed by atoms with Gasteiger partial charge in [-0.15, -0.1) is 0 Å². The van der Waals surface area contributed by atoms with Crippen LogP contribution >= 0.6 is 0 Å². The molecule has 1 aromatic heterocycles. The van der Waals surface area contributed by atoms with Gasteiger partial charge in [0.25, 0.3) is 0 Å². The highest BCUT2D eigenvalue weighted by molar-refractivity contribution is 5.84. The molecule has 4 N–H and O–H groups in total. The largest absolute Gasteiger partial charge is 0.502 e. The van der Waals surface area contributed by atoms with E-state index in [0.29, 0.717) is 5.39 Å². The summed E-state index contributed by atoms with van der Waals surface area (Å²) >= 11 is 0. The van der Waals surface area contributed by atoms with E-state index < -0.39 is 22.9 Å². The number of phenols is 1. The molecule has 0 fully saturated rings. The van der Waals surface area contributed by atoms with Crippen LogP contribution in [0, 0.1) is 0 Å². The summed E-state index contributed by atoms with van der Waals surface area (Å²) in [6.07, 6.45) is 1.93. The second kappa shape index (κ2) is 7.49. The standard InChI is InChI=1S/C19H24O7/c1-18(2,23)9-4-10-19(3,24)14(20)11-25-13-7-5-12-6-8-15(21)26-17(12)16(13)22/h4-9,14,20,22-24H,10-11H2,1-3H3/b9-4+. The van der Waals surface area contributed by atoms with Gasteiger partial charge in [-0.1, -0.05) is 12.2 Å². The number of aliphatic hydroxyl groups is 3. The van der Waals surface area contributed by atoms with Gasteiger partial charge in [-0.2, -0.15) is 0 Å². The fraction of sp³-hybridized carbons (Fsp3) is 0.421. The van der Waals surface area contributed by atoms with E-state index in [0.717, 1.165) is 0 Å². The average Bonchev–Trinajstić information content (AvgIpc) is 2.53. The summed E-state index contributed by atoms with van der Waals surface area (Å²) in [5.74, 6) is -0.331. The first-order chi connectivity index (χ1) is 12.0. The molecule has 2 unspecified atom stereocenters. The Morgan fingerprint density at radius 3 is 2.50 bits per heavy atom. The van der Waals surface area contributed by atoms with Crippen molar-refractivity contribution in [1.29, 1.82) is 0 Å². The van der Waals surface area contributed by atoms with Crippen LogP contribution in [0.25, 0.3) is 11.0 Å². The van der Waals surface area contributed by atoms with Crippen LogP contribution < -0.4 is 10.4 Å². The minimum absolute atomic E-state index is 0.00985. The van der Waals surface area contributed by atoms with Crippen molar-refractivity contribution in [2.45, 2.75) is 44.5 Å². The molecule has 0 aliphatic rings. The average molecular weight is 364 g/mol. The SMILES string of the molecule is CC(C)(O)/C=C/CC(C)(O)C(O)COc1ccc2ccc(=O)oc2c1O. The summed E-state index contributed by atoms with van der Waals surface area (Å²) < 4.78 is 10.3. The van der Waals surface area contributed by atoms with Crippen LogP contribution in [0.3, 0.4) is 0 Å². The topological polar surface area (TPSA) is 120 Å². The van der Waals surface area contributed by atoms with Crippen molar-refractivity contribution >= 4 is 11.0 Å². The highest BCUT2D eigenvalue weighted by Crippen LogP contribution is 2.34. The molecular weight excluding hydrogens is 340 g/mol. The Balaban J connectivity index is 2.07. The summed E-state index contributed by atoms with van der Waals surface area (Å²) in [5.41, 5.74) is -3.13. The van der Waals surface area contributed by atoms with E-state index >= 15 is 0 Å². The molecule has 26 heavy (non-hydrogen) atoms. The highest BCUT2D eigenvalue weighted by atomic mass is 16.5. The van der Waals surface area contributed by atoms with E-state index in [9.17, 15) is 25.2 Å². The third-order valence-corrected chi connectivity index (χ3v) is 3.90. The van der Waals surface area contributed by atoms with Crippen molar-refractivity contribution in [1.82, 2.24) is 0 Å². The van der Waals surface area contributed by atoms with Crippen molar-refractivity contribution in [3.63, 3.8) is 0 Å². The minimum atomic E-state index is -1.50. The van der Waals surface area contributed by atoms with Gasteiger partial charge in [0, 0.05) is 11.5 Å². The number of hydrogen-bond acceptors (Lipinski definition) is 7. The Labute approximate surface area is 150 Å². The fourth-order valence-electron chi connectivity index (χ4n) is 2.29. The van der Waals surface area contributed by atoms with Crippen LogP contribution in [0.5, 0.6) is 11.5 Å². The molecule has 1 aromatic carbocycles. The number of hydrogen-bond donors (Lipinski definition) is 4. The van der Waals surface area contributed by atoms with E-state index in [-0.39, 0.29) is 30.1 Å². The summed E-state index contributed by atoms with van der Waals surface area (Å²) in [6, 6.07) is 5.83. The monoisotopic (exact) mass is 364 g/mol. The number of aromatic hydroxyl groups is 1. The van der Waals surface area contributed by atoms with E-state index in [1.807, 2.05) is 0 Å². The van der Waals surface area contributed by atoms with Gasteiger partial charge in [0.2, 0.25) is 5.75 Å². The molecule has 0 aliphatic heterocycles. The maximum atomic E-state index is 11.3. The first-order valence-corrected chi connectivity index (χ1v) is 8.19. The maximum absolute atomic E-state index is 11.3. The lowest BCUT2D eigenvalue weighted by molar-refractivity contribution is -0.0766. The Morgan fingerprint density at radius 2 is 1.85 bits per heavy atom. The molecule has 142 valence electrons. The molecule has 2 rings (SSSR count). The number of benzene rings is 1.